The quantitative estimate of drug-likeness (QED) is 0.643. The third-order valence-corrected chi connectivity index (χ3v) is 3.25. The Balaban J connectivity index is 1.67. The Labute approximate surface area is 151 Å². The lowest BCUT2D eigenvalue weighted by Gasteiger charge is -2.06. The molecule has 0 atom stereocenters. The van der Waals surface area contributed by atoms with E-state index in [9.17, 15) is 9.18 Å². The van der Waals surface area contributed by atoms with Crippen LogP contribution in [0.3, 0.4) is 0 Å². The van der Waals surface area contributed by atoms with Crippen molar-refractivity contribution in [3.05, 3.63) is 53.2 Å². The number of nitrogens with two attached hydrogens (primary N) is 1. The molecule has 0 aliphatic carbocycles. The summed E-state index contributed by atoms with van der Waals surface area (Å²) in [5, 5.41) is 11.9. The Bertz CT molecular complexity index is 918. The van der Waals surface area contributed by atoms with Gasteiger partial charge in [0.2, 0.25) is 5.82 Å². The van der Waals surface area contributed by atoms with Crippen LogP contribution in [0.1, 0.15) is 5.82 Å². The monoisotopic (exact) mass is 378 g/mol. The number of nitrogens with zero attached hydrogens (tertiary/aromatic N) is 5. The molecule has 2 heterocycles. The van der Waals surface area contributed by atoms with Gasteiger partial charge in [-0.2, -0.15) is 0 Å². The molecule has 2 aromatic heterocycles. The van der Waals surface area contributed by atoms with E-state index in [1.54, 1.807) is 24.3 Å². The first-order chi connectivity index (χ1) is 12.5. The van der Waals surface area contributed by atoms with Crippen molar-refractivity contribution >= 4 is 17.6 Å². The maximum atomic E-state index is 13.7. The molecule has 0 bridgehead atoms. The van der Waals surface area contributed by atoms with Crippen molar-refractivity contribution in [2.45, 2.75) is 6.61 Å². The zero-order valence-electron chi connectivity index (χ0n) is 13.2. The van der Waals surface area contributed by atoms with E-state index in [0.29, 0.717) is 11.4 Å². The Kier molecular flexibility index (Phi) is 5.34. The minimum absolute atomic E-state index is 0.126. The number of hydrogen-bond donors (Lipinski definition) is 1. The molecule has 134 valence electrons. The zero-order valence-corrected chi connectivity index (χ0v) is 13.9. The van der Waals surface area contributed by atoms with Gasteiger partial charge in [-0.1, -0.05) is 11.6 Å². The van der Waals surface area contributed by atoms with Crippen LogP contribution in [0.4, 0.5) is 4.39 Å². The highest BCUT2D eigenvalue weighted by molar-refractivity contribution is 6.30. The molecule has 0 radical (unpaired) electrons. The zero-order chi connectivity index (χ0) is 18.5. The van der Waals surface area contributed by atoms with Gasteiger partial charge in [0.15, 0.2) is 12.4 Å². The SMILES string of the molecule is NCC(=O)OCc1nnn(-c2ccc(Oc3ncc(Cl)cc3F)cc2)n1. The molecule has 0 amide bonds. The number of carbonyl (C=O) groups is 1. The fourth-order valence-electron chi connectivity index (χ4n) is 1.85. The molecule has 1 aromatic carbocycles. The summed E-state index contributed by atoms with van der Waals surface area (Å²) in [4.78, 5) is 16.0. The predicted molar refractivity (Wildman–Crippen MR) is 87.3 cm³/mol. The van der Waals surface area contributed by atoms with E-state index < -0.39 is 11.8 Å². The van der Waals surface area contributed by atoms with Crippen LogP contribution >= 0.6 is 11.6 Å². The first-order valence-corrected chi connectivity index (χ1v) is 7.67. The molecular weight excluding hydrogens is 367 g/mol. The predicted octanol–water partition coefficient (Wildman–Crippen LogP) is 1.64. The smallest absolute Gasteiger partial charge is 0.320 e. The third-order valence-electron chi connectivity index (χ3n) is 3.04. The molecule has 0 aliphatic heterocycles. The van der Waals surface area contributed by atoms with E-state index in [0.717, 1.165) is 6.07 Å². The van der Waals surface area contributed by atoms with Gasteiger partial charge in [0.1, 0.15) is 5.75 Å². The van der Waals surface area contributed by atoms with Crippen LogP contribution in [0.25, 0.3) is 5.69 Å². The summed E-state index contributed by atoms with van der Waals surface area (Å²) in [5.41, 5.74) is 5.71. The standard InChI is InChI=1S/C15H12ClFN6O3/c16-9-5-12(17)15(19-7-9)26-11-3-1-10(2-4-11)23-21-13(20-22-23)8-25-14(24)6-18/h1-5,7H,6,8,18H2. The number of ether oxygens (including phenoxy) is 2. The summed E-state index contributed by atoms with van der Waals surface area (Å²) in [7, 11) is 0. The van der Waals surface area contributed by atoms with Crippen LogP contribution < -0.4 is 10.5 Å². The number of pyridine rings is 1. The van der Waals surface area contributed by atoms with Gasteiger partial charge in [-0.3, -0.25) is 4.79 Å². The number of tetrazole rings is 1. The summed E-state index contributed by atoms with van der Waals surface area (Å²) in [6.07, 6.45) is 1.28. The molecule has 3 rings (SSSR count). The van der Waals surface area contributed by atoms with Crippen molar-refractivity contribution in [3.8, 4) is 17.3 Å². The third kappa shape index (κ3) is 4.29. The van der Waals surface area contributed by atoms with Gasteiger partial charge in [-0.15, -0.1) is 15.0 Å². The van der Waals surface area contributed by atoms with Gasteiger partial charge < -0.3 is 15.2 Å². The van der Waals surface area contributed by atoms with Crippen LogP contribution in [0.2, 0.25) is 5.02 Å². The lowest BCUT2D eigenvalue weighted by atomic mass is 10.3. The summed E-state index contributed by atoms with van der Waals surface area (Å²) < 4.78 is 23.9. The molecule has 0 unspecified atom stereocenters. The normalized spacial score (nSPS) is 10.6. The average molecular weight is 379 g/mol. The lowest BCUT2D eigenvalue weighted by molar-refractivity contribution is -0.143. The fourth-order valence-corrected chi connectivity index (χ4v) is 2.00. The van der Waals surface area contributed by atoms with E-state index >= 15 is 0 Å². The topological polar surface area (TPSA) is 118 Å². The molecule has 9 nitrogen and oxygen atoms in total. The van der Waals surface area contributed by atoms with Crippen LogP contribution in [-0.2, 0) is 16.1 Å². The van der Waals surface area contributed by atoms with Crippen molar-refractivity contribution in [1.29, 1.82) is 0 Å². The van der Waals surface area contributed by atoms with Crippen LogP contribution in [0.5, 0.6) is 11.6 Å². The van der Waals surface area contributed by atoms with Gasteiger partial charge in [0, 0.05) is 6.20 Å². The summed E-state index contributed by atoms with van der Waals surface area (Å²) in [5.74, 6) is -0.841. The number of rotatable bonds is 6. The number of benzene rings is 1. The number of halogens is 2. The van der Waals surface area contributed by atoms with E-state index in [1.165, 1.54) is 11.0 Å². The molecular formula is C15H12ClFN6O3. The van der Waals surface area contributed by atoms with Gasteiger partial charge in [0.05, 0.1) is 17.3 Å². The van der Waals surface area contributed by atoms with Crippen LogP contribution in [0, 0.1) is 5.82 Å². The number of esters is 1. The van der Waals surface area contributed by atoms with E-state index in [-0.39, 0.29) is 29.9 Å². The van der Waals surface area contributed by atoms with Crippen molar-refractivity contribution in [3.63, 3.8) is 0 Å². The van der Waals surface area contributed by atoms with Crippen molar-refractivity contribution in [2.75, 3.05) is 6.54 Å². The largest absolute Gasteiger partial charge is 0.456 e. The molecule has 11 heteroatoms. The molecule has 3 aromatic rings. The number of aromatic nitrogens is 5. The maximum Gasteiger partial charge on any atom is 0.320 e. The number of carbonyl (C=O) groups excluding carboxylic acids is 1. The van der Waals surface area contributed by atoms with Gasteiger partial charge in [0.25, 0.3) is 5.88 Å². The second-order valence-corrected chi connectivity index (χ2v) is 5.33. The van der Waals surface area contributed by atoms with E-state index in [1.807, 2.05) is 0 Å². The minimum Gasteiger partial charge on any atom is -0.456 e. The maximum absolute atomic E-state index is 13.7. The fraction of sp³-hybridized carbons (Fsp3) is 0.133. The Hall–Kier alpha value is -3.11. The second kappa shape index (κ2) is 7.85. The second-order valence-electron chi connectivity index (χ2n) is 4.90. The Morgan fingerprint density at radius 2 is 2.08 bits per heavy atom. The van der Waals surface area contributed by atoms with E-state index in [2.05, 4.69) is 20.4 Å². The molecule has 2 N–H and O–H groups in total. The summed E-state index contributed by atoms with van der Waals surface area (Å²) >= 11 is 5.64. The van der Waals surface area contributed by atoms with Crippen LogP contribution in [-0.4, -0.2) is 37.7 Å². The molecule has 0 fully saturated rings. The van der Waals surface area contributed by atoms with Crippen molar-refractivity contribution in [2.24, 2.45) is 5.73 Å². The highest BCUT2D eigenvalue weighted by Gasteiger charge is 2.10. The Morgan fingerprint density at radius 1 is 1.31 bits per heavy atom. The van der Waals surface area contributed by atoms with Crippen molar-refractivity contribution < 1.29 is 18.7 Å². The van der Waals surface area contributed by atoms with Gasteiger partial charge in [-0.25, -0.2) is 9.37 Å². The molecule has 26 heavy (non-hydrogen) atoms. The van der Waals surface area contributed by atoms with Gasteiger partial charge >= 0.3 is 5.97 Å². The number of hydrogen-bond acceptors (Lipinski definition) is 8. The summed E-state index contributed by atoms with van der Waals surface area (Å²) in [6, 6.07) is 7.56. The molecule has 0 saturated heterocycles. The van der Waals surface area contributed by atoms with Crippen LogP contribution in [0.15, 0.2) is 36.5 Å². The lowest BCUT2D eigenvalue weighted by Crippen LogP contribution is -2.16. The van der Waals surface area contributed by atoms with Gasteiger partial charge in [-0.05, 0) is 35.5 Å². The minimum atomic E-state index is -0.670. The molecule has 0 spiro atoms. The molecule has 0 saturated carbocycles. The highest BCUT2D eigenvalue weighted by Crippen LogP contribution is 2.24. The van der Waals surface area contributed by atoms with E-state index in [4.69, 9.17) is 26.8 Å². The molecule has 0 aliphatic rings. The first kappa shape index (κ1) is 17.7. The summed E-state index contributed by atoms with van der Waals surface area (Å²) in [6.45, 7) is -0.350. The average Bonchev–Trinajstić information content (AvgIpc) is 3.11. The van der Waals surface area contributed by atoms with Crippen molar-refractivity contribution in [1.82, 2.24) is 25.2 Å². The highest BCUT2D eigenvalue weighted by atomic mass is 35.5. The first-order valence-electron chi connectivity index (χ1n) is 7.29. The Morgan fingerprint density at radius 3 is 2.77 bits per heavy atom.